The fraction of sp³-hybridized carbons (Fsp3) is 1.00. The zero-order valence-corrected chi connectivity index (χ0v) is 8.82. The van der Waals surface area contributed by atoms with Crippen LogP contribution in [0.5, 0.6) is 0 Å². The molecule has 2 atom stereocenters. The molecule has 4 heteroatoms. The van der Waals surface area contributed by atoms with E-state index in [0.717, 1.165) is 26.2 Å². The normalized spacial score (nSPS) is 29.1. The van der Waals surface area contributed by atoms with Crippen LogP contribution in [0, 0.1) is 0 Å². The van der Waals surface area contributed by atoms with Gasteiger partial charge in [0, 0.05) is 32.2 Å². The van der Waals surface area contributed by atoms with Crippen molar-refractivity contribution in [3.63, 3.8) is 0 Å². The van der Waals surface area contributed by atoms with E-state index in [4.69, 9.17) is 0 Å². The lowest BCUT2D eigenvalue weighted by molar-refractivity contribution is 0.0953. The monoisotopic (exact) mass is 187 g/mol. The van der Waals surface area contributed by atoms with Gasteiger partial charge in [0.1, 0.15) is 0 Å². The third-order valence-electron chi connectivity index (χ3n) is 2.62. The number of β-amino-alcohol motifs (C(OH)–C–C–N with tert-alkyl or cyclic N) is 1. The van der Waals surface area contributed by atoms with Crippen LogP contribution in [0.3, 0.4) is 0 Å². The van der Waals surface area contributed by atoms with Gasteiger partial charge in [-0.25, -0.2) is 0 Å². The molecule has 1 aliphatic rings. The summed E-state index contributed by atoms with van der Waals surface area (Å²) in [5, 5.41) is 12.8. The van der Waals surface area contributed by atoms with Gasteiger partial charge in [-0.3, -0.25) is 4.90 Å². The molecule has 1 saturated heterocycles. The van der Waals surface area contributed by atoms with Gasteiger partial charge in [-0.2, -0.15) is 0 Å². The molecular weight excluding hydrogens is 166 g/mol. The van der Waals surface area contributed by atoms with Crippen molar-refractivity contribution in [2.45, 2.75) is 12.1 Å². The quantitative estimate of drug-likeness (QED) is 0.581. The number of aliphatic hydroxyl groups excluding tert-OH is 1. The summed E-state index contributed by atoms with van der Waals surface area (Å²) in [6.07, 6.45) is -0.202. The molecule has 0 aromatic rings. The zero-order chi connectivity index (χ0) is 9.84. The summed E-state index contributed by atoms with van der Waals surface area (Å²) < 4.78 is 0. The maximum absolute atomic E-state index is 9.61. The Morgan fingerprint density at radius 1 is 1.23 bits per heavy atom. The minimum Gasteiger partial charge on any atom is -0.390 e. The maximum Gasteiger partial charge on any atom is 0.0831 e. The highest BCUT2D eigenvalue weighted by molar-refractivity contribution is 4.87. The summed E-state index contributed by atoms with van der Waals surface area (Å²) in [4.78, 5) is 4.38. The van der Waals surface area contributed by atoms with E-state index < -0.39 is 0 Å². The molecule has 0 bridgehead atoms. The van der Waals surface area contributed by atoms with Crippen LogP contribution in [0.4, 0.5) is 0 Å². The van der Waals surface area contributed by atoms with Gasteiger partial charge in [0.2, 0.25) is 0 Å². The number of rotatable bonds is 4. The van der Waals surface area contributed by atoms with Crippen LogP contribution < -0.4 is 5.32 Å². The number of nitrogens with one attached hydrogen (secondary N) is 1. The maximum atomic E-state index is 9.61. The number of nitrogens with zero attached hydrogens (tertiary/aromatic N) is 2. The van der Waals surface area contributed by atoms with Gasteiger partial charge in [0.15, 0.2) is 0 Å². The lowest BCUT2D eigenvalue weighted by Crippen LogP contribution is -2.43. The first-order valence-electron chi connectivity index (χ1n) is 4.85. The van der Waals surface area contributed by atoms with Crippen LogP contribution in [0.25, 0.3) is 0 Å². The minimum atomic E-state index is -0.202. The number of hydrogen-bond donors (Lipinski definition) is 2. The van der Waals surface area contributed by atoms with E-state index in [-0.39, 0.29) is 6.10 Å². The lowest BCUT2D eigenvalue weighted by Gasteiger charge is -2.27. The molecule has 4 nitrogen and oxygen atoms in total. The summed E-state index contributed by atoms with van der Waals surface area (Å²) in [5.41, 5.74) is 0. The topological polar surface area (TPSA) is 38.7 Å². The van der Waals surface area contributed by atoms with Crippen molar-refractivity contribution in [3.8, 4) is 0 Å². The van der Waals surface area contributed by atoms with Gasteiger partial charge in [0.25, 0.3) is 0 Å². The number of aliphatic hydroxyl groups is 1. The molecule has 2 unspecified atom stereocenters. The van der Waals surface area contributed by atoms with Crippen LogP contribution in [0.1, 0.15) is 0 Å². The lowest BCUT2D eigenvalue weighted by atomic mass is 10.2. The second-order valence-electron chi connectivity index (χ2n) is 4.08. The first-order valence-corrected chi connectivity index (χ1v) is 4.85. The summed E-state index contributed by atoms with van der Waals surface area (Å²) >= 11 is 0. The van der Waals surface area contributed by atoms with Crippen molar-refractivity contribution in [3.05, 3.63) is 0 Å². The van der Waals surface area contributed by atoms with Crippen LogP contribution in [0.15, 0.2) is 0 Å². The molecule has 0 aliphatic carbocycles. The Labute approximate surface area is 80.5 Å². The van der Waals surface area contributed by atoms with Crippen molar-refractivity contribution in [2.75, 3.05) is 47.3 Å². The molecule has 0 aromatic carbocycles. The second kappa shape index (κ2) is 4.91. The Morgan fingerprint density at radius 3 is 2.38 bits per heavy atom. The molecule has 1 heterocycles. The van der Waals surface area contributed by atoms with E-state index in [1.807, 2.05) is 0 Å². The smallest absolute Gasteiger partial charge is 0.0831 e. The Kier molecular flexibility index (Phi) is 4.12. The summed E-state index contributed by atoms with van der Waals surface area (Å²) in [6, 6.07) is 0.292. The standard InChI is InChI=1S/C9H21N3O/c1-11(2)4-5-12(3)8-6-10-7-9(8)13/h8-10,13H,4-7H2,1-3H3. The number of likely N-dealkylation sites (N-methyl/N-ethyl adjacent to an activating group) is 2. The molecule has 0 amide bonds. The molecule has 1 rings (SSSR count). The van der Waals surface area contributed by atoms with Gasteiger partial charge in [0.05, 0.1) is 6.10 Å². The Hall–Kier alpha value is -0.160. The fourth-order valence-corrected chi connectivity index (χ4v) is 1.62. The van der Waals surface area contributed by atoms with Crippen molar-refractivity contribution >= 4 is 0 Å². The van der Waals surface area contributed by atoms with E-state index >= 15 is 0 Å². The summed E-state index contributed by atoms with van der Waals surface area (Å²) in [7, 11) is 6.21. The third kappa shape index (κ3) is 3.23. The minimum absolute atomic E-state index is 0.202. The second-order valence-corrected chi connectivity index (χ2v) is 4.08. The first-order chi connectivity index (χ1) is 6.11. The molecule has 0 spiro atoms. The molecule has 78 valence electrons. The van der Waals surface area contributed by atoms with Gasteiger partial charge in [-0.1, -0.05) is 0 Å². The van der Waals surface area contributed by atoms with Crippen LogP contribution in [-0.2, 0) is 0 Å². The summed E-state index contributed by atoms with van der Waals surface area (Å²) in [5.74, 6) is 0. The van der Waals surface area contributed by atoms with Crippen molar-refractivity contribution in [2.24, 2.45) is 0 Å². The Balaban J connectivity index is 2.25. The highest BCUT2D eigenvalue weighted by Crippen LogP contribution is 2.06. The van der Waals surface area contributed by atoms with Crippen LogP contribution in [-0.4, -0.2) is 74.4 Å². The molecule has 2 N–H and O–H groups in total. The largest absolute Gasteiger partial charge is 0.390 e. The number of hydrogen-bond acceptors (Lipinski definition) is 4. The van der Waals surface area contributed by atoms with E-state index in [9.17, 15) is 5.11 Å². The van der Waals surface area contributed by atoms with Gasteiger partial charge in [-0.15, -0.1) is 0 Å². The highest BCUT2D eigenvalue weighted by atomic mass is 16.3. The molecule has 0 radical (unpaired) electrons. The van der Waals surface area contributed by atoms with Crippen LogP contribution >= 0.6 is 0 Å². The molecule has 0 saturated carbocycles. The SMILES string of the molecule is CN(C)CCN(C)C1CNCC1O. The van der Waals surface area contributed by atoms with Gasteiger partial charge in [-0.05, 0) is 21.1 Å². The van der Waals surface area contributed by atoms with Crippen molar-refractivity contribution in [1.82, 2.24) is 15.1 Å². The van der Waals surface area contributed by atoms with Crippen molar-refractivity contribution < 1.29 is 5.11 Å². The average Bonchev–Trinajstić information content (AvgIpc) is 2.47. The molecule has 13 heavy (non-hydrogen) atoms. The predicted molar refractivity (Wildman–Crippen MR) is 53.8 cm³/mol. The van der Waals surface area contributed by atoms with Gasteiger partial charge < -0.3 is 15.3 Å². The van der Waals surface area contributed by atoms with Gasteiger partial charge >= 0.3 is 0 Å². The Bertz CT molecular complexity index is 152. The zero-order valence-electron chi connectivity index (χ0n) is 8.82. The molecule has 1 aliphatic heterocycles. The predicted octanol–water partition coefficient (Wildman–Crippen LogP) is -1.19. The average molecular weight is 187 g/mol. The molecular formula is C9H21N3O. The van der Waals surface area contributed by atoms with E-state index in [2.05, 4.69) is 36.3 Å². The molecule has 1 fully saturated rings. The summed E-state index contributed by atoms with van der Waals surface area (Å²) in [6.45, 7) is 3.69. The third-order valence-corrected chi connectivity index (χ3v) is 2.62. The van der Waals surface area contributed by atoms with Crippen LogP contribution in [0.2, 0.25) is 0 Å². The van der Waals surface area contributed by atoms with E-state index in [1.165, 1.54) is 0 Å². The van der Waals surface area contributed by atoms with E-state index in [0.29, 0.717) is 6.04 Å². The van der Waals surface area contributed by atoms with Crippen molar-refractivity contribution in [1.29, 1.82) is 0 Å². The highest BCUT2D eigenvalue weighted by Gasteiger charge is 2.27. The molecule has 0 aromatic heterocycles. The Morgan fingerprint density at radius 2 is 1.92 bits per heavy atom. The van der Waals surface area contributed by atoms with E-state index in [1.54, 1.807) is 0 Å². The fourth-order valence-electron chi connectivity index (χ4n) is 1.62. The first kappa shape index (κ1) is 10.9.